The van der Waals surface area contributed by atoms with Crippen molar-refractivity contribution in [2.75, 3.05) is 11.9 Å². The summed E-state index contributed by atoms with van der Waals surface area (Å²) in [5, 5.41) is 3.50. The van der Waals surface area contributed by atoms with E-state index in [9.17, 15) is 0 Å². The van der Waals surface area contributed by atoms with Crippen molar-refractivity contribution in [2.24, 2.45) is 0 Å². The first-order chi connectivity index (χ1) is 7.28. The molecule has 0 radical (unpaired) electrons. The second-order valence-electron chi connectivity index (χ2n) is 3.90. The molecule has 1 saturated carbocycles. The Hall–Kier alpha value is -0.540. The molecule has 1 N–H and O–H groups in total. The maximum absolute atomic E-state index is 5.52. The Balaban J connectivity index is 1.80. The minimum Gasteiger partial charge on any atom is -0.382 e. The third-order valence-electron chi connectivity index (χ3n) is 2.69. The second-order valence-corrected chi connectivity index (χ2v) is 4.82. The van der Waals surface area contributed by atoms with E-state index in [1.807, 2.05) is 12.1 Å². The molecule has 1 aromatic carbocycles. The number of halogens is 1. The summed E-state index contributed by atoms with van der Waals surface area (Å²) < 4.78 is 6.64. The highest BCUT2D eigenvalue weighted by Gasteiger charge is 2.29. The van der Waals surface area contributed by atoms with Gasteiger partial charge in [0.2, 0.25) is 0 Å². The van der Waals surface area contributed by atoms with Crippen molar-refractivity contribution in [3.8, 4) is 0 Å². The van der Waals surface area contributed by atoms with Gasteiger partial charge in [-0.1, -0.05) is 22.0 Å². The Bertz CT molecular complexity index is 323. The zero-order valence-electron chi connectivity index (χ0n) is 8.87. The van der Waals surface area contributed by atoms with Crippen LogP contribution in [0.15, 0.2) is 28.7 Å². The van der Waals surface area contributed by atoms with Crippen LogP contribution in [-0.4, -0.2) is 18.8 Å². The van der Waals surface area contributed by atoms with Gasteiger partial charge in [0.15, 0.2) is 0 Å². The van der Waals surface area contributed by atoms with E-state index in [0.717, 1.165) is 23.9 Å². The first-order valence-electron chi connectivity index (χ1n) is 5.41. The van der Waals surface area contributed by atoms with Crippen LogP contribution in [0.2, 0.25) is 0 Å². The van der Waals surface area contributed by atoms with Gasteiger partial charge in [0, 0.05) is 22.8 Å². The number of anilines is 1. The third-order valence-corrected chi connectivity index (χ3v) is 3.19. The third kappa shape index (κ3) is 2.95. The van der Waals surface area contributed by atoms with Crippen LogP contribution < -0.4 is 5.32 Å². The fraction of sp³-hybridized carbons (Fsp3) is 0.500. The number of hydrogen-bond donors (Lipinski definition) is 1. The average Bonchev–Trinajstić information content (AvgIpc) is 2.15. The molecule has 0 aromatic heterocycles. The highest BCUT2D eigenvalue weighted by molar-refractivity contribution is 9.10. The first-order valence-corrected chi connectivity index (χ1v) is 6.21. The molecule has 15 heavy (non-hydrogen) atoms. The molecule has 0 heterocycles. The fourth-order valence-corrected chi connectivity index (χ4v) is 2.27. The van der Waals surface area contributed by atoms with Gasteiger partial charge in [-0.3, -0.25) is 0 Å². The summed E-state index contributed by atoms with van der Waals surface area (Å²) in [6, 6.07) is 8.86. The molecule has 1 aromatic rings. The van der Waals surface area contributed by atoms with E-state index in [2.05, 4.69) is 40.3 Å². The molecule has 0 atom stereocenters. The molecule has 2 rings (SSSR count). The Morgan fingerprint density at radius 2 is 2.27 bits per heavy atom. The molecule has 2 nitrogen and oxygen atoms in total. The minimum atomic E-state index is 0.472. The van der Waals surface area contributed by atoms with E-state index >= 15 is 0 Å². The zero-order valence-corrected chi connectivity index (χ0v) is 10.5. The maximum Gasteiger partial charge on any atom is 0.0614 e. The Labute approximate surface area is 99.1 Å². The smallest absolute Gasteiger partial charge is 0.0614 e. The Kier molecular flexibility index (Phi) is 3.65. The number of rotatable bonds is 4. The highest BCUT2D eigenvalue weighted by Crippen LogP contribution is 2.27. The lowest BCUT2D eigenvalue weighted by Crippen LogP contribution is -2.40. The molecule has 0 saturated heterocycles. The van der Waals surface area contributed by atoms with Crippen LogP contribution in [-0.2, 0) is 4.74 Å². The summed E-state index contributed by atoms with van der Waals surface area (Å²) in [6.07, 6.45) is 2.72. The molecule has 1 aliphatic carbocycles. The molecule has 0 bridgehead atoms. The normalized spacial score (nSPS) is 24.7. The van der Waals surface area contributed by atoms with Crippen LogP contribution in [0.3, 0.4) is 0 Å². The van der Waals surface area contributed by atoms with E-state index in [1.54, 1.807) is 0 Å². The second kappa shape index (κ2) is 4.99. The van der Waals surface area contributed by atoms with Gasteiger partial charge in [0.1, 0.15) is 0 Å². The summed E-state index contributed by atoms with van der Waals surface area (Å²) in [4.78, 5) is 0. The summed E-state index contributed by atoms with van der Waals surface area (Å²) in [5.74, 6) is 0. The van der Waals surface area contributed by atoms with Gasteiger partial charge in [0.05, 0.1) is 6.10 Å². The van der Waals surface area contributed by atoms with Crippen molar-refractivity contribution in [3.05, 3.63) is 28.7 Å². The number of hydrogen-bond acceptors (Lipinski definition) is 2. The molecular formula is C12H16BrNO. The molecular weight excluding hydrogens is 254 g/mol. The molecule has 0 aliphatic heterocycles. The quantitative estimate of drug-likeness (QED) is 0.905. The van der Waals surface area contributed by atoms with E-state index in [1.165, 1.54) is 5.69 Å². The van der Waals surface area contributed by atoms with Crippen molar-refractivity contribution >= 4 is 21.6 Å². The molecule has 3 heteroatoms. The first kappa shape index (κ1) is 11.0. The Morgan fingerprint density at radius 1 is 1.47 bits per heavy atom. The van der Waals surface area contributed by atoms with Crippen molar-refractivity contribution in [1.29, 1.82) is 0 Å². The summed E-state index contributed by atoms with van der Waals surface area (Å²) in [7, 11) is 0. The van der Waals surface area contributed by atoms with Gasteiger partial charge in [0.25, 0.3) is 0 Å². The molecule has 0 spiro atoms. The lowest BCUT2D eigenvalue weighted by Gasteiger charge is -2.36. The van der Waals surface area contributed by atoms with Crippen molar-refractivity contribution in [1.82, 2.24) is 0 Å². The predicted octanol–water partition coefficient (Wildman–Crippen LogP) is 3.43. The topological polar surface area (TPSA) is 21.3 Å². The van der Waals surface area contributed by atoms with Crippen LogP contribution in [0.4, 0.5) is 5.69 Å². The molecule has 0 unspecified atom stereocenters. The van der Waals surface area contributed by atoms with E-state index in [0.29, 0.717) is 12.1 Å². The van der Waals surface area contributed by atoms with Crippen molar-refractivity contribution in [2.45, 2.75) is 31.9 Å². The van der Waals surface area contributed by atoms with Crippen molar-refractivity contribution < 1.29 is 4.74 Å². The van der Waals surface area contributed by atoms with Gasteiger partial charge >= 0.3 is 0 Å². The monoisotopic (exact) mass is 269 g/mol. The lowest BCUT2D eigenvalue weighted by atomic mass is 9.89. The van der Waals surface area contributed by atoms with Crippen LogP contribution in [0.5, 0.6) is 0 Å². The summed E-state index contributed by atoms with van der Waals surface area (Å²) in [5.41, 5.74) is 1.18. The molecule has 0 amide bonds. The predicted molar refractivity (Wildman–Crippen MR) is 66.2 cm³/mol. The van der Waals surface area contributed by atoms with Gasteiger partial charge < -0.3 is 10.1 Å². The summed E-state index contributed by atoms with van der Waals surface area (Å²) in [6.45, 7) is 2.88. The van der Waals surface area contributed by atoms with Crippen LogP contribution in [0, 0.1) is 0 Å². The summed E-state index contributed by atoms with van der Waals surface area (Å²) >= 11 is 3.46. The SMILES string of the molecule is CCOC1CC(Nc2cccc(Br)c2)C1. The van der Waals surface area contributed by atoms with Crippen LogP contribution in [0.25, 0.3) is 0 Å². The molecule has 1 aliphatic rings. The van der Waals surface area contributed by atoms with Gasteiger partial charge in [-0.2, -0.15) is 0 Å². The maximum atomic E-state index is 5.52. The zero-order chi connectivity index (χ0) is 10.7. The number of benzene rings is 1. The van der Waals surface area contributed by atoms with E-state index in [-0.39, 0.29) is 0 Å². The van der Waals surface area contributed by atoms with Gasteiger partial charge in [-0.15, -0.1) is 0 Å². The number of ether oxygens (including phenoxy) is 1. The van der Waals surface area contributed by atoms with Crippen LogP contribution in [0.1, 0.15) is 19.8 Å². The minimum absolute atomic E-state index is 0.472. The largest absolute Gasteiger partial charge is 0.382 e. The van der Waals surface area contributed by atoms with Gasteiger partial charge in [-0.05, 0) is 38.0 Å². The molecule has 1 fully saturated rings. The lowest BCUT2D eigenvalue weighted by molar-refractivity contribution is 0.00299. The fourth-order valence-electron chi connectivity index (χ4n) is 1.87. The van der Waals surface area contributed by atoms with E-state index in [4.69, 9.17) is 4.74 Å². The van der Waals surface area contributed by atoms with Crippen molar-refractivity contribution in [3.63, 3.8) is 0 Å². The highest BCUT2D eigenvalue weighted by atomic mass is 79.9. The number of nitrogens with one attached hydrogen (secondary N) is 1. The average molecular weight is 270 g/mol. The molecule has 82 valence electrons. The standard InChI is InChI=1S/C12H16BrNO/c1-2-15-12-7-11(8-12)14-10-5-3-4-9(13)6-10/h3-6,11-12,14H,2,7-8H2,1H3. The van der Waals surface area contributed by atoms with E-state index < -0.39 is 0 Å². The van der Waals surface area contributed by atoms with Gasteiger partial charge in [-0.25, -0.2) is 0 Å². The Morgan fingerprint density at radius 3 is 2.93 bits per heavy atom. The van der Waals surface area contributed by atoms with Crippen LogP contribution >= 0.6 is 15.9 Å².